The third kappa shape index (κ3) is 8.15. The predicted molar refractivity (Wildman–Crippen MR) is 90.6 cm³/mol. The molecule has 1 rings (SSSR count). The topological polar surface area (TPSA) is 35.5 Å². The van der Waals surface area contributed by atoms with Crippen LogP contribution in [-0.2, 0) is 0 Å². The molecule has 0 bridgehead atoms. The molecule has 2 unspecified atom stereocenters. The zero-order valence-electron chi connectivity index (χ0n) is 13.9. The number of allylic oxidation sites excluding steroid dienone is 2. The highest BCUT2D eigenvalue weighted by Gasteiger charge is 2.20. The molecule has 122 valence electrons. The molecule has 2 atom stereocenters. The largest absolute Gasteiger partial charge is 0.374 e. The molecule has 0 radical (unpaired) electrons. The summed E-state index contributed by atoms with van der Waals surface area (Å²) in [5, 5.41) is 12.9. The lowest BCUT2D eigenvalue weighted by atomic mass is 10.1. The van der Waals surface area contributed by atoms with Gasteiger partial charge >= 0.3 is 0 Å². The smallest absolute Gasteiger partial charge is 0.125 e. The zero-order chi connectivity index (χ0) is 15.3. The Morgan fingerprint density at radius 3 is 2.43 bits per heavy atom. The van der Waals surface area contributed by atoms with Gasteiger partial charge in [0.25, 0.3) is 0 Å². The Morgan fingerprint density at radius 1 is 1.10 bits per heavy atom. The molecule has 0 aliphatic carbocycles. The van der Waals surface area contributed by atoms with Gasteiger partial charge in [-0.15, -0.1) is 0 Å². The molecule has 3 nitrogen and oxygen atoms in total. The van der Waals surface area contributed by atoms with Crippen molar-refractivity contribution in [1.82, 2.24) is 10.2 Å². The van der Waals surface area contributed by atoms with Gasteiger partial charge in [-0.3, -0.25) is 0 Å². The van der Waals surface area contributed by atoms with Crippen LogP contribution in [0.25, 0.3) is 0 Å². The van der Waals surface area contributed by atoms with E-state index in [9.17, 15) is 5.11 Å². The van der Waals surface area contributed by atoms with Crippen LogP contribution in [-0.4, -0.2) is 22.4 Å². The van der Waals surface area contributed by atoms with Crippen LogP contribution in [0.3, 0.4) is 0 Å². The fraction of sp³-hybridized carbons (Fsp3) is 0.778. The molecule has 0 fully saturated rings. The number of hydrogen-bond acceptors (Lipinski definition) is 3. The van der Waals surface area contributed by atoms with E-state index in [-0.39, 0.29) is 6.17 Å². The summed E-state index contributed by atoms with van der Waals surface area (Å²) in [6.07, 6.45) is 21.2. The Hall–Kier alpha value is -0.960. The van der Waals surface area contributed by atoms with E-state index in [4.69, 9.17) is 0 Å². The van der Waals surface area contributed by atoms with E-state index < -0.39 is 6.23 Å². The second-order valence-electron chi connectivity index (χ2n) is 6.01. The molecule has 0 spiro atoms. The van der Waals surface area contributed by atoms with Gasteiger partial charge in [-0.2, -0.15) is 0 Å². The van der Waals surface area contributed by atoms with E-state index in [0.29, 0.717) is 0 Å². The monoisotopic (exact) mass is 294 g/mol. The summed E-state index contributed by atoms with van der Waals surface area (Å²) in [7, 11) is 0. The first-order chi connectivity index (χ1) is 10.3. The minimum Gasteiger partial charge on any atom is -0.374 e. The zero-order valence-corrected chi connectivity index (χ0v) is 13.9. The van der Waals surface area contributed by atoms with Gasteiger partial charge in [0.05, 0.1) is 0 Å². The average molecular weight is 294 g/mol. The van der Waals surface area contributed by atoms with Crippen LogP contribution in [0.2, 0.25) is 0 Å². The van der Waals surface area contributed by atoms with Crippen LogP contribution >= 0.6 is 0 Å². The maximum Gasteiger partial charge on any atom is 0.125 e. The van der Waals surface area contributed by atoms with E-state index >= 15 is 0 Å². The van der Waals surface area contributed by atoms with Gasteiger partial charge in [-0.1, -0.05) is 51.2 Å². The van der Waals surface area contributed by atoms with Crippen LogP contribution in [0.15, 0.2) is 24.6 Å². The van der Waals surface area contributed by atoms with E-state index in [1.807, 2.05) is 24.2 Å². The van der Waals surface area contributed by atoms with Crippen LogP contribution in [0.4, 0.5) is 0 Å². The summed E-state index contributed by atoms with van der Waals surface area (Å²) in [6.45, 7) is 4.01. The predicted octanol–water partition coefficient (Wildman–Crippen LogP) is 4.50. The Morgan fingerprint density at radius 2 is 1.76 bits per heavy atom. The number of rotatable bonds is 12. The summed E-state index contributed by atoms with van der Waals surface area (Å²) < 4.78 is 0. The maximum atomic E-state index is 9.63. The first kappa shape index (κ1) is 18.1. The first-order valence-electron chi connectivity index (χ1n) is 8.79. The molecule has 3 heteroatoms. The van der Waals surface area contributed by atoms with Gasteiger partial charge < -0.3 is 15.3 Å². The minimum atomic E-state index is -0.400. The maximum absolute atomic E-state index is 9.63. The van der Waals surface area contributed by atoms with Crippen molar-refractivity contribution in [2.45, 2.75) is 90.4 Å². The lowest BCUT2D eigenvalue weighted by molar-refractivity contribution is 0.0254. The Labute approximate surface area is 131 Å². The SMILES string of the molecule is CC/C=C/CCCCCCCCCC1NC=CN1C(C)O. The van der Waals surface area contributed by atoms with Crippen LogP contribution in [0, 0.1) is 0 Å². The van der Waals surface area contributed by atoms with Crippen molar-refractivity contribution in [3.8, 4) is 0 Å². The highest BCUT2D eigenvalue weighted by molar-refractivity contribution is 4.94. The molecule has 1 aliphatic heterocycles. The van der Waals surface area contributed by atoms with Crippen molar-refractivity contribution in [3.63, 3.8) is 0 Å². The van der Waals surface area contributed by atoms with Gasteiger partial charge in [-0.05, 0) is 39.0 Å². The fourth-order valence-corrected chi connectivity index (χ4v) is 2.82. The second kappa shape index (κ2) is 11.7. The molecule has 0 amide bonds. The van der Waals surface area contributed by atoms with E-state index in [2.05, 4.69) is 24.4 Å². The van der Waals surface area contributed by atoms with Gasteiger partial charge in [0.2, 0.25) is 0 Å². The van der Waals surface area contributed by atoms with Gasteiger partial charge in [0, 0.05) is 12.4 Å². The Balaban J connectivity index is 1.88. The highest BCUT2D eigenvalue weighted by Crippen LogP contribution is 2.16. The van der Waals surface area contributed by atoms with Gasteiger partial charge in [0.15, 0.2) is 0 Å². The number of nitrogens with one attached hydrogen (secondary N) is 1. The molecule has 21 heavy (non-hydrogen) atoms. The Kier molecular flexibility index (Phi) is 10.1. The summed E-state index contributed by atoms with van der Waals surface area (Å²) >= 11 is 0. The number of hydrogen-bond donors (Lipinski definition) is 2. The quantitative estimate of drug-likeness (QED) is 0.411. The van der Waals surface area contributed by atoms with Crippen molar-refractivity contribution in [1.29, 1.82) is 0 Å². The van der Waals surface area contributed by atoms with Crippen molar-refractivity contribution in [3.05, 3.63) is 24.6 Å². The highest BCUT2D eigenvalue weighted by atomic mass is 16.3. The lowest BCUT2D eigenvalue weighted by Crippen LogP contribution is -2.40. The number of aliphatic hydroxyl groups is 1. The summed E-state index contributed by atoms with van der Waals surface area (Å²) in [6, 6.07) is 0. The molecule has 1 aliphatic rings. The third-order valence-corrected chi connectivity index (χ3v) is 4.08. The standard InChI is InChI=1S/C18H34N2O/c1-3-4-5-6-7-8-9-10-11-12-13-14-18-19-15-16-20(18)17(2)21/h4-5,15-19,21H,3,6-14H2,1-2H3/b5-4+. The van der Waals surface area contributed by atoms with Crippen LogP contribution in [0.1, 0.15) is 78.1 Å². The first-order valence-corrected chi connectivity index (χ1v) is 8.79. The molecule has 0 aromatic heterocycles. The van der Waals surface area contributed by atoms with Crippen molar-refractivity contribution < 1.29 is 5.11 Å². The number of aliphatic hydroxyl groups excluding tert-OH is 1. The summed E-state index contributed by atoms with van der Waals surface area (Å²) in [5.41, 5.74) is 0. The third-order valence-electron chi connectivity index (χ3n) is 4.08. The van der Waals surface area contributed by atoms with Crippen molar-refractivity contribution in [2.24, 2.45) is 0 Å². The molecular formula is C18H34N2O. The molecular weight excluding hydrogens is 260 g/mol. The lowest BCUT2D eigenvalue weighted by Gasteiger charge is -2.28. The van der Waals surface area contributed by atoms with Crippen LogP contribution < -0.4 is 5.32 Å². The molecule has 0 aromatic carbocycles. The number of unbranched alkanes of at least 4 members (excludes halogenated alkanes) is 7. The molecule has 1 heterocycles. The normalized spacial score (nSPS) is 19.4. The minimum absolute atomic E-state index is 0.287. The van der Waals surface area contributed by atoms with E-state index in [1.165, 1.54) is 51.4 Å². The molecule has 0 aromatic rings. The van der Waals surface area contributed by atoms with Crippen molar-refractivity contribution in [2.75, 3.05) is 0 Å². The average Bonchev–Trinajstić information content (AvgIpc) is 2.93. The molecule has 0 saturated heterocycles. The fourth-order valence-electron chi connectivity index (χ4n) is 2.82. The van der Waals surface area contributed by atoms with Crippen molar-refractivity contribution >= 4 is 0 Å². The molecule has 2 N–H and O–H groups in total. The van der Waals surface area contributed by atoms with Gasteiger partial charge in [-0.25, -0.2) is 0 Å². The summed E-state index contributed by atoms with van der Waals surface area (Å²) in [5.74, 6) is 0. The Bertz CT molecular complexity index is 300. The van der Waals surface area contributed by atoms with E-state index in [0.717, 1.165) is 12.8 Å². The van der Waals surface area contributed by atoms with E-state index in [1.54, 1.807) is 0 Å². The second-order valence-corrected chi connectivity index (χ2v) is 6.01. The molecule has 0 saturated carbocycles. The summed E-state index contributed by atoms with van der Waals surface area (Å²) in [4.78, 5) is 1.99. The van der Waals surface area contributed by atoms with Crippen LogP contribution in [0.5, 0.6) is 0 Å². The van der Waals surface area contributed by atoms with Gasteiger partial charge in [0.1, 0.15) is 12.4 Å². The number of nitrogens with zero attached hydrogens (tertiary/aromatic N) is 1.